The molecular formula is C40H45N7O10. The topological polar surface area (TPSA) is 231 Å². The first-order chi connectivity index (χ1) is 26.7. The molecule has 0 atom stereocenters. The van der Waals surface area contributed by atoms with E-state index < -0.39 is 23.8 Å². The number of nitrogen functional groups attached to an aromatic ring is 1. The number of amides is 4. The van der Waals surface area contributed by atoms with Crippen LogP contribution in [0.25, 0.3) is 21.9 Å². The van der Waals surface area contributed by atoms with Gasteiger partial charge < -0.3 is 54.4 Å². The lowest BCUT2D eigenvalue weighted by atomic mass is 10.2. The maximum atomic E-state index is 12.4. The van der Waals surface area contributed by atoms with Crippen LogP contribution in [0.3, 0.4) is 0 Å². The van der Waals surface area contributed by atoms with E-state index in [1.165, 1.54) is 14.2 Å². The minimum atomic E-state index is -0.440. The summed E-state index contributed by atoms with van der Waals surface area (Å²) in [5.41, 5.74) is 10.3. The molecule has 57 heavy (non-hydrogen) atoms. The largest absolute Gasteiger partial charge is 0.469 e. The van der Waals surface area contributed by atoms with E-state index in [1.807, 2.05) is 26.2 Å². The van der Waals surface area contributed by atoms with E-state index in [0.29, 0.717) is 50.4 Å². The molecule has 6 N–H and O–H groups in total. The monoisotopic (exact) mass is 783 g/mol. The van der Waals surface area contributed by atoms with Crippen molar-refractivity contribution in [2.24, 2.45) is 14.1 Å². The Morgan fingerprint density at radius 2 is 1.07 bits per heavy atom. The highest BCUT2D eigenvalue weighted by atomic mass is 16.5. The number of carbonyl (C=O) groups excluding carboxylic acids is 6. The van der Waals surface area contributed by atoms with E-state index in [-0.39, 0.29) is 56.7 Å². The van der Waals surface area contributed by atoms with Gasteiger partial charge >= 0.3 is 11.9 Å². The molecule has 0 saturated carbocycles. The van der Waals surface area contributed by atoms with Gasteiger partial charge in [-0.2, -0.15) is 0 Å². The SMILES string of the molecule is C.COC(=O)CCNC(=O)c1cc2cc(NC(=O)c3cc(C)cn3C)ccc2o1.COC(=O)CCNC(=O)c1cc2cc(NC(=O)c3cc(N)cn3C)ccc2o1. The van der Waals surface area contributed by atoms with Gasteiger partial charge in [0.2, 0.25) is 0 Å². The van der Waals surface area contributed by atoms with Crippen LogP contribution >= 0.6 is 0 Å². The number of furan rings is 2. The lowest BCUT2D eigenvalue weighted by Crippen LogP contribution is -2.25. The molecule has 0 aliphatic rings. The average Bonchev–Trinajstić information content (AvgIpc) is 3.95. The van der Waals surface area contributed by atoms with Crippen molar-refractivity contribution in [2.75, 3.05) is 43.7 Å². The van der Waals surface area contributed by atoms with E-state index in [2.05, 4.69) is 30.7 Å². The number of rotatable bonds is 12. The van der Waals surface area contributed by atoms with Gasteiger partial charge in [-0.05, 0) is 73.2 Å². The van der Waals surface area contributed by atoms with Crippen molar-refractivity contribution >= 4 is 74.6 Å². The lowest BCUT2D eigenvalue weighted by Gasteiger charge is -2.06. The first-order valence-electron chi connectivity index (χ1n) is 17.2. The first kappa shape index (κ1) is 42.4. The van der Waals surface area contributed by atoms with Gasteiger partial charge in [0.1, 0.15) is 22.6 Å². The number of esters is 2. The molecule has 0 fully saturated rings. The van der Waals surface area contributed by atoms with Crippen LogP contribution in [0.2, 0.25) is 0 Å². The molecule has 0 bridgehead atoms. The molecule has 17 heteroatoms. The second-order valence-corrected chi connectivity index (χ2v) is 12.6. The van der Waals surface area contributed by atoms with Crippen molar-refractivity contribution in [1.29, 1.82) is 0 Å². The van der Waals surface area contributed by atoms with Crippen molar-refractivity contribution < 1.29 is 47.1 Å². The zero-order chi connectivity index (χ0) is 40.5. The molecule has 0 spiro atoms. The molecule has 0 radical (unpaired) electrons. The normalized spacial score (nSPS) is 10.5. The molecule has 4 aromatic heterocycles. The summed E-state index contributed by atoms with van der Waals surface area (Å²) in [6, 6.07) is 16.7. The highest BCUT2D eigenvalue weighted by Crippen LogP contribution is 2.25. The zero-order valence-corrected chi connectivity index (χ0v) is 31.3. The van der Waals surface area contributed by atoms with Crippen molar-refractivity contribution in [1.82, 2.24) is 19.8 Å². The summed E-state index contributed by atoms with van der Waals surface area (Å²) in [7, 11) is 6.12. The molecule has 0 aliphatic heterocycles. The van der Waals surface area contributed by atoms with Gasteiger partial charge in [-0.25, -0.2) is 0 Å². The molecule has 0 saturated heterocycles. The van der Waals surface area contributed by atoms with Gasteiger partial charge in [0.05, 0.1) is 32.7 Å². The zero-order valence-electron chi connectivity index (χ0n) is 31.3. The third kappa shape index (κ3) is 10.9. The van der Waals surface area contributed by atoms with Crippen molar-refractivity contribution in [3.63, 3.8) is 0 Å². The average molecular weight is 784 g/mol. The van der Waals surface area contributed by atoms with E-state index in [1.54, 1.807) is 77.0 Å². The Morgan fingerprint density at radius 3 is 1.46 bits per heavy atom. The van der Waals surface area contributed by atoms with Crippen LogP contribution in [0.1, 0.15) is 67.9 Å². The molecule has 0 unspecified atom stereocenters. The Labute approximate surface area is 327 Å². The maximum absolute atomic E-state index is 12.4. The smallest absolute Gasteiger partial charge is 0.307 e. The quantitative estimate of drug-likeness (QED) is 0.102. The lowest BCUT2D eigenvalue weighted by molar-refractivity contribution is -0.141. The summed E-state index contributed by atoms with van der Waals surface area (Å²) in [6.45, 7) is 2.22. The number of benzene rings is 2. The van der Waals surface area contributed by atoms with Crippen molar-refractivity contribution in [3.05, 3.63) is 102 Å². The van der Waals surface area contributed by atoms with Crippen LogP contribution in [0.4, 0.5) is 17.1 Å². The number of hydrogen-bond donors (Lipinski definition) is 5. The number of fused-ring (bicyclic) bond motifs is 2. The predicted molar refractivity (Wildman–Crippen MR) is 213 cm³/mol. The van der Waals surface area contributed by atoms with Crippen LogP contribution in [0, 0.1) is 6.92 Å². The first-order valence-corrected chi connectivity index (χ1v) is 17.2. The molecule has 6 aromatic rings. The number of ether oxygens (including phenoxy) is 2. The number of carbonyl (C=O) groups is 6. The van der Waals surface area contributed by atoms with E-state index >= 15 is 0 Å². The van der Waals surface area contributed by atoms with E-state index in [4.69, 9.17) is 14.6 Å². The molecule has 4 amide bonds. The Bertz CT molecular complexity index is 2270. The summed E-state index contributed by atoms with van der Waals surface area (Å²) in [4.78, 5) is 71.3. The van der Waals surface area contributed by atoms with Crippen LogP contribution in [-0.2, 0) is 33.2 Å². The molecule has 0 aliphatic carbocycles. The van der Waals surface area contributed by atoms with Crippen LogP contribution in [0.15, 0.2) is 81.9 Å². The molecule has 4 heterocycles. The summed E-state index contributed by atoms with van der Waals surface area (Å²) in [5.74, 6) is -1.97. The van der Waals surface area contributed by atoms with Crippen molar-refractivity contribution in [2.45, 2.75) is 27.2 Å². The van der Waals surface area contributed by atoms with Crippen LogP contribution < -0.4 is 27.0 Å². The number of aryl methyl sites for hydroxylation is 3. The fraction of sp³-hybridized carbons (Fsp3) is 0.250. The molecule has 6 rings (SSSR count). The predicted octanol–water partition coefficient (Wildman–Crippen LogP) is 5.16. The minimum absolute atomic E-state index is 0. The summed E-state index contributed by atoms with van der Waals surface area (Å²) in [5, 5.41) is 12.1. The molecule has 17 nitrogen and oxygen atoms in total. The number of nitrogens with one attached hydrogen (secondary N) is 4. The Kier molecular flexibility index (Phi) is 14.0. The second-order valence-electron chi connectivity index (χ2n) is 12.6. The molecular weight excluding hydrogens is 738 g/mol. The van der Waals surface area contributed by atoms with Crippen LogP contribution in [0.5, 0.6) is 0 Å². The fourth-order valence-electron chi connectivity index (χ4n) is 5.56. The number of nitrogens with zero attached hydrogens (tertiary/aromatic N) is 2. The van der Waals surface area contributed by atoms with Gasteiger partial charge in [-0.15, -0.1) is 0 Å². The van der Waals surface area contributed by atoms with E-state index in [0.717, 1.165) is 5.56 Å². The Morgan fingerprint density at radius 1 is 0.632 bits per heavy atom. The summed E-state index contributed by atoms with van der Waals surface area (Å²) < 4.78 is 23.5. The number of anilines is 3. The van der Waals surface area contributed by atoms with Crippen molar-refractivity contribution in [3.8, 4) is 0 Å². The molecule has 300 valence electrons. The number of methoxy groups -OCH3 is 2. The summed E-state index contributed by atoms with van der Waals surface area (Å²) in [6.07, 6.45) is 3.68. The number of hydrogen-bond acceptors (Lipinski definition) is 11. The third-order valence-electron chi connectivity index (χ3n) is 8.31. The second kappa shape index (κ2) is 18.8. The third-order valence-corrected chi connectivity index (χ3v) is 8.31. The fourth-order valence-corrected chi connectivity index (χ4v) is 5.56. The van der Waals surface area contributed by atoms with Gasteiger partial charge in [-0.1, -0.05) is 7.43 Å². The van der Waals surface area contributed by atoms with Gasteiger partial charge in [0.25, 0.3) is 23.6 Å². The maximum Gasteiger partial charge on any atom is 0.307 e. The summed E-state index contributed by atoms with van der Waals surface area (Å²) >= 11 is 0. The Hall–Kier alpha value is -7.30. The number of nitrogens with two attached hydrogens (primary N) is 1. The molecule has 2 aromatic carbocycles. The van der Waals surface area contributed by atoms with E-state index in [9.17, 15) is 28.8 Å². The van der Waals surface area contributed by atoms with Gasteiger partial charge in [0.15, 0.2) is 11.5 Å². The number of aromatic nitrogens is 2. The van der Waals surface area contributed by atoms with Gasteiger partial charge in [-0.3, -0.25) is 28.8 Å². The van der Waals surface area contributed by atoms with Gasteiger partial charge in [0, 0.05) is 61.7 Å². The highest BCUT2D eigenvalue weighted by Gasteiger charge is 2.17. The standard InChI is InChI=1S/C20H21N3O5.C19H20N4O5.CH4/c1-12-8-15(23(2)11-12)19(25)22-14-4-5-16-13(9-14)10-17(28-16)20(26)21-7-6-18(24)27-3;1-23-10-12(20)9-14(23)18(25)22-13-3-4-15-11(7-13)8-16(28-15)19(26)21-6-5-17(24)27-2;/h4-5,8-11H,6-7H2,1-3H3,(H,21,26)(H,22,25);3-4,7-10H,5-6,20H2,1-2H3,(H,21,26)(H,22,25);1H4. The Balaban J connectivity index is 0.000000248. The highest BCUT2D eigenvalue weighted by molar-refractivity contribution is 6.06. The minimum Gasteiger partial charge on any atom is -0.469 e. The van der Waals surface area contributed by atoms with Crippen LogP contribution in [-0.4, -0.2) is 72.0 Å².